The molecule has 0 aromatic carbocycles. The van der Waals surface area contributed by atoms with Crippen LogP contribution < -0.4 is 21.5 Å². The molecule has 0 radical (unpaired) electrons. The highest BCUT2D eigenvalue weighted by molar-refractivity contribution is 7.16. The molecule has 0 aliphatic carbocycles. The van der Waals surface area contributed by atoms with E-state index >= 15 is 0 Å². The molecule has 2 unspecified atom stereocenters. The van der Waals surface area contributed by atoms with Gasteiger partial charge in [0.05, 0.1) is 6.04 Å². The third kappa shape index (κ3) is 10.2. The van der Waals surface area contributed by atoms with Crippen LogP contribution in [-0.2, 0) is 4.79 Å². The van der Waals surface area contributed by atoms with Crippen molar-refractivity contribution >= 4 is 30.4 Å². The van der Waals surface area contributed by atoms with Gasteiger partial charge < -0.3 is 21.5 Å². The summed E-state index contributed by atoms with van der Waals surface area (Å²) in [5.41, 5.74) is 5.51. The van der Waals surface area contributed by atoms with Crippen molar-refractivity contribution in [2.45, 2.75) is 31.7 Å². The molecule has 0 fully saturated rings. The predicted octanol–water partition coefficient (Wildman–Crippen LogP) is -0.179. The summed E-state index contributed by atoms with van der Waals surface area (Å²) in [7, 11) is 6.78. The van der Waals surface area contributed by atoms with Gasteiger partial charge in [-0.25, -0.2) is 0 Å². The lowest BCUT2D eigenvalue weighted by atomic mass is 10.0. The Bertz CT molecular complexity index is 276. The van der Waals surface area contributed by atoms with Crippen LogP contribution in [0.3, 0.4) is 0 Å². The molecule has 0 bridgehead atoms. The number of Topliss-reactive ketones (excluding diaryl/α,β-unsaturated/α-hetero) is 1. The van der Waals surface area contributed by atoms with E-state index in [-0.39, 0.29) is 11.8 Å². The van der Waals surface area contributed by atoms with Crippen molar-refractivity contribution < 1.29 is 4.79 Å². The largest absolute Gasteiger partial charge is 0.370 e. The molecule has 0 aliphatic heterocycles. The summed E-state index contributed by atoms with van der Waals surface area (Å²) in [6.45, 7) is 1.51. The van der Waals surface area contributed by atoms with E-state index in [1.165, 1.54) is 0 Å². The lowest BCUT2D eigenvalue weighted by molar-refractivity contribution is -0.121. The van der Waals surface area contributed by atoms with Crippen molar-refractivity contribution in [1.82, 2.24) is 15.7 Å². The maximum atomic E-state index is 12.0. The van der Waals surface area contributed by atoms with Gasteiger partial charge in [-0.3, -0.25) is 9.79 Å². The minimum Gasteiger partial charge on any atom is -0.370 e. The molecule has 0 heterocycles. The molecular weight excluding hydrogens is 280 g/mol. The number of hydrogen-bond acceptors (Lipinski definition) is 4. The first-order valence-electron chi connectivity index (χ1n) is 6.53. The number of aliphatic imine (C=N–C) groups is 1. The van der Waals surface area contributed by atoms with Gasteiger partial charge in [-0.15, -0.1) is 9.24 Å². The van der Waals surface area contributed by atoms with Crippen molar-refractivity contribution in [3.8, 4) is 0 Å². The molecular formula is C11H27N5OP2. The smallest absolute Gasteiger partial charge is 0.191 e. The van der Waals surface area contributed by atoms with Crippen LogP contribution in [-0.4, -0.2) is 44.2 Å². The SMILES string of the molecule is CNCCCC(=O)[C@H](CCCN=C(N)NP)NCP. The average Bonchev–Trinajstić information content (AvgIpc) is 2.42. The lowest BCUT2D eigenvalue weighted by Gasteiger charge is -2.16. The summed E-state index contributed by atoms with van der Waals surface area (Å²) < 4.78 is 0. The first-order chi connectivity index (χ1) is 9.15. The van der Waals surface area contributed by atoms with E-state index in [1.54, 1.807) is 0 Å². The summed E-state index contributed by atoms with van der Waals surface area (Å²) in [6, 6.07) is -0.0743. The van der Waals surface area contributed by atoms with E-state index in [9.17, 15) is 4.79 Å². The quantitative estimate of drug-likeness (QED) is 0.184. The summed E-state index contributed by atoms with van der Waals surface area (Å²) >= 11 is 0. The second kappa shape index (κ2) is 12.7. The minimum atomic E-state index is -0.0743. The van der Waals surface area contributed by atoms with Gasteiger partial charge >= 0.3 is 0 Å². The number of nitrogens with one attached hydrogen (secondary N) is 3. The van der Waals surface area contributed by atoms with Crippen LogP contribution in [0, 0.1) is 0 Å². The molecule has 5 N–H and O–H groups in total. The number of carbonyl (C=O) groups is 1. The molecule has 0 saturated carbocycles. The van der Waals surface area contributed by atoms with Crippen LogP contribution in [0.4, 0.5) is 0 Å². The zero-order valence-corrected chi connectivity index (χ0v) is 13.9. The normalized spacial score (nSPS) is 13.3. The fraction of sp³-hybridized carbons (Fsp3) is 0.818. The van der Waals surface area contributed by atoms with Crippen LogP contribution in [0.15, 0.2) is 4.99 Å². The van der Waals surface area contributed by atoms with Gasteiger partial charge in [0, 0.05) is 19.3 Å². The van der Waals surface area contributed by atoms with Gasteiger partial charge in [-0.1, -0.05) is 0 Å². The van der Waals surface area contributed by atoms with Crippen molar-refractivity contribution in [3.05, 3.63) is 0 Å². The third-order valence-electron chi connectivity index (χ3n) is 2.68. The van der Waals surface area contributed by atoms with Gasteiger partial charge in [0.15, 0.2) is 5.96 Å². The topological polar surface area (TPSA) is 91.5 Å². The molecule has 112 valence electrons. The van der Waals surface area contributed by atoms with E-state index in [0.29, 0.717) is 18.9 Å². The molecule has 0 amide bonds. The van der Waals surface area contributed by atoms with E-state index in [0.717, 1.165) is 32.1 Å². The highest BCUT2D eigenvalue weighted by Gasteiger charge is 2.15. The molecule has 0 rings (SSSR count). The van der Waals surface area contributed by atoms with Gasteiger partial charge in [0.2, 0.25) is 0 Å². The third-order valence-corrected chi connectivity index (χ3v) is 3.22. The van der Waals surface area contributed by atoms with Gasteiger partial charge in [0.1, 0.15) is 5.78 Å². The molecule has 19 heavy (non-hydrogen) atoms. The maximum Gasteiger partial charge on any atom is 0.191 e. The zero-order valence-electron chi connectivity index (χ0n) is 11.6. The highest BCUT2D eigenvalue weighted by Crippen LogP contribution is 2.04. The minimum absolute atomic E-state index is 0.0743. The molecule has 0 aliphatic rings. The van der Waals surface area contributed by atoms with Crippen molar-refractivity contribution in [3.63, 3.8) is 0 Å². The fourth-order valence-electron chi connectivity index (χ4n) is 1.67. The van der Waals surface area contributed by atoms with Crippen LogP contribution in [0.1, 0.15) is 25.7 Å². The summed E-state index contributed by atoms with van der Waals surface area (Å²) in [5.74, 6) is 0.680. The number of guanidine groups is 1. The summed E-state index contributed by atoms with van der Waals surface area (Å²) in [5, 5.41) is 8.94. The number of hydrogen-bond donors (Lipinski definition) is 4. The Morgan fingerprint density at radius 1 is 1.42 bits per heavy atom. The standard InChI is InChI=1S/C11H27N5OP2/c1-13-6-3-5-10(17)9(15-8-18)4-2-7-14-11(12)16-19/h9,13,15H,2-8,18-19H2,1H3,(H3,12,14,16)/t9-/m0/s1. The van der Waals surface area contributed by atoms with E-state index in [4.69, 9.17) is 5.73 Å². The lowest BCUT2D eigenvalue weighted by Crippen LogP contribution is -2.36. The van der Waals surface area contributed by atoms with Gasteiger partial charge in [-0.05, 0) is 42.2 Å². The number of ketones is 1. The van der Waals surface area contributed by atoms with Crippen LogP contribution in [0.5, 0.6) is 0 Å². The molecule has 0 spiro atoms. The summed E-state index contributed by atoms with van der Waals surface area (Å²) in [4.78, 5) is 16.1. The second-order valence-corrected chi connectivity index (χ2v) is 4.88. The Balaban J connectivity index is 3.99. The molecule has 0 aromatic rings. The zero-order chi connectivity index (χ0) is 14.5. The van der Waals surface area contributed by atoms with Crippen molar-refractivity contribution in [2.24, 2.45) is 10.7 Å². The summed E-state index contributed by atoms with van der Waals surface area (Å²) in [6.07, 6.45) is 3.85. The number of nitrogens with two attached hydrogens (primary N) is 1. The Kier molecular flexibility index (Phi) is 12.6. The Hall–Kier alpha value is -0.280. The van der Waals surface area contributed by atoms with E-state index in [1.807, 2.05) is 7.05 Å². The Morgan fingerprint density at radius 2 is 2.16 bits per heavy atom. The molecule has 8 heteroatoms. The Labute approximate surface area is 120 Å². The van der Waals surface area contributed by atoms with E-state index < -0.39 is 0 Å². The first kappa shape index (κ1) is 18.7. The average molecular weight is 307 g/mol. The molecule has 0 saturated heterocycles. The predicted molar refractivity (Wildman–Crippen MR) is 88.2 cm³/mol. The van der Waals surface area contributed by atoms with E-state index in [2.05, 4.69) is 39.3 Å². The van der Waals surface area contributed by atoms with Gasteiger partial charge in [-0.2, -0.15) is 0 Å². The van der Waals surface area contributed by atoms with Crippen LogP contribution in [0.25, 0.3) is 0 Å². The molecule has 3 atom stereocenters. The number of rotatable bonds is 11. The first-order valence-corrected chi connectivity index (χ1v) is 7.92. The van der Waals surface area contributed by atoms with Crippen LogP contribution >= 0.6 is 18.6 Å². The second-order valence-electron chi connectivity index (χ2n) is 4.19. The maximum absolute atomic E-state index is 12.0. The Morgan fingerprint density at radius 3 is 2.74 bits per heavy atom. The van der Waals surface area contributed by atoms with Gasteiger partial charge in [0.25, 0.3) is 0 Å². The van der Waals surface area contributed by atoms with Crippen molar-refractivity contribution in [1.29, 1.82) is 0 Å². The monoisotopic (exact) mass is 307 g/mol. The van der Waals surface area contributed by atoms with Crippen LogP contribution in [0.2, 0.25) is 0 Å². The molecule has 0 aromatic heterocycles. The fourth-order valence-corrected chi connectivity index (χ4v) is 2.05. The molecule has 6 nitrogen and oxygen atoms in total. The number of nitrogens with zero attached hydrogens (tertiary/aromatic N) is 1. The number of carbonyl (C=O) groups excluding carboxylic acids is 1. The van der Waals surface area contributed by atoms with Crippen molar-refractivity contribution in [2.75, 3.05) is 26.4 Å². The highest BCUT2D eigenvalue weighted by atomic mass is 31.0.